The van der Waals surface area contributed by atoms with Crippen LogP contribution in [0.3, 0.4) is 0 Å². The van der Waals surface area contributed by atoms with Gasteiger partial charge in [-0.1, -0.05) is 13.3 Å². The van der Waals surface area contributed by atoms with Crippen LogP contribution in [-0.2, 0) is 9.59 Å². The van der Waals surface area contributed by atoms with E-state index < -0.39 is 11.9 Å². The number of hydrogen-bond acceptors (Lipinski definition) is 5. The monoisotopic (exact) mass is 299 g/mol. The average Bonchev–Trinajstić information content (AvgIpc) is 2.84. The molecule has 0 fully saturated rings. The van der Waals surface area contributed by atoms with Gasteiger partial charge in [0.2, 0.25) is 5.91 Å². The largest absolute Gasteiger partial charge is 0.481 e. The van der Waals surface area contributed by atoms with E-state index in [0.717, 1.165) is 24.2 Å². The Balaban J connectivity index is 2.43. The molecule has 8 heteroatoms. The summed E-state index contributed by atoms with van der Waals surface area (Å²) in [6, 6.07) is 0. The van der Waals surface area contributed by atoms with E-state index in [1.807, 2.05) is 6.92 Å². The minimum atomic E-state index is -0.979. The molecule has 0 radical (unpaired) electrons. The molecule has 0 saturated carbocycles. The molecule has 0 aromatic carbocycles. The predicted octanol–water partition coefficient (Wildman–Crippen LogP) is 1.48. The third-order valence-electron chi connectivity index (χ3n) is 2.36. The number of carbonyl (C=O) groups excluding carboxylic acids is 2. The third-order valence-corrected chi connectivity index (χ3v) is 3.12. The fraction of sp³-hybridized carbons (Fsp3) is 0.500. The van der Waals surface area contributed by atoms with Crippen molar-refractivity contribution in [3.63, 3.8) is 0 Å². The first-order valence-corrected chi connectivity index (χ1v) is 7.16. The van der Waals surface area contributed by atoms with Gasteiger partial charge < -0.3 is 15.7 Å². The number of aliphatic carboxylic acids is 1. The van der Waals surface area contributed by atoms with Gasteiger partial charge in [0.25, 0.3) is 5.91 Å². The maximum atomic E-state index is 11.6. The van der Waals surface area contributed by atoms with Crippen molar-refractivity contribution in [2.24, 2.45) is 0 Å². The van der Waals surface area contributed by atoms with Crippen LogP contribution in [0.1, 0.15) is 43.1 Å². The normalized spacial score (nSPS) is 10.1. The average molecular weight is 299 g/mol. The lowest BCUT2D eigenvalue weighted by atomic mass is 10.2. The van der Waals surface area contributed by atoms with Crippen LogP contribution in [0.5, 0.6) is 0 Å². The molecule has 110 valence electrons. The second kappa shape index (κ2) is 8.26. The minimum absolute atomic E-state index is 0.0455. The third kappa shape index (κ3) is 5.79. The summed E-state index contributed by atoms with van der Waals surface area (Å²) in [5.74, 6) is -1.55. The van der Waals surface area contributed by atoms with Crippen molar-refractivity contribution >= 4 is 34.3 Å². The van der Waals surface area contributed by atoms with Gasteiger partial charge in [-0.25, -0.2) is 4.98 Å². The zero-order valence-electron chi connectivity index (χ0n) is 11.1. The highest BCUT2D eigenvalue weighted by atomic mass is 32.1. The summed E-state index contributed by atoms with van der Waals surface area (Å²) in [4.78, 5) is 37.4. The van der Waals surface area contributed by atoms with Crippen LogP contribution in [0.4, 0.5) is 5.13 Å². The molecule has 0 aliphatic heterocycles. The van der Waals surface area contributed by atoms with E-state index in [4.69, 9.17) is 5.11 Å². The number of carboxylic acids is 1. The van der Waals surface area contributed by atoms with E-state index in [-0.39, 0.29) is 24.6 Å². The Hall–Kier alpha value is -1.96. The molecule has 7 nitrogen and oxygen atoms in total. The summed E-state index contributed by atoms with van der Waals surface area (Å²) in [7, 11) is 0. The molecule has 1 heterocycles. The van der Waals surface area contributed by atoms with Gasteiger partial charge in [0, 0.05) is 18.3 Å². The van der Waals surface area contributed by atoms with Crippen molar-refractivity contribution in [1.29, 1.82) is 0 Å². The molecular weight excluding hydrogens is 282 g/mol. The SMILES string of the molecule is CCCCC(=O)Nc1nc(C(=O)NCCC(=O)O)cs1. The van der Waals surface area contributed by atoms with Crippen molar-refractivity contribution in [2.45, 2.75) is 32.6 Å². The molecular formula is C12H17N3O4S. The number of carboxylic acid groups (broad SMARTS) is 1. The number of hydrogen-bond donors (Lipinski definition) is 3. The van der Waals surface area contributed by atoms with Crippen LogP contribution in [0, 0.1) is 0 Å². The van der Waals surface area contributed by atoms with E-state index in [1.165, 1.54) is 5.38 Å². The summed E-state index contributed by atoms with van der Waals surface area (Å²) >= 11 is 1.16. The topological polar surface area (TPSA) is 108 Å². The minimum Gasteiger partial charge on any atom is -0.481 e. The van der Waals surface area contributed by atoms with E-state index >= 15 is 0 Å². The smallest absolute Gasteiger partial charge is 0.305 e. The summed E-state index contributed by atoms with van der Waals surface area (Å²) in [5.41, 5.74) is 0.172. The number of carbonyl (C=O) groups is 3. The quantitative estimate of drug-likeness (QED) is 0.673. The number of unbranched alkanes of at least 4 members (excludes halogenated alkanes) is 1. The van der Waals surface area contributed by atoms with E-state index in [1.54, 1.807) is 0 Å². The van der Waals surface area contributed by atoms with Crippen LogP contribution >= 0.6 is 11.3 Å². The summed E-state index contributed by atoms with van der Waals surface area (Å²) < 4.78 is 0. The molecule has 1 rings (SSSR count). The first kappa shape index (κ1) is 16.1. The Kier molecular flexibility index (Phi) is 6.65. The molecule has 3 N–H and O–H groups in total. The standard InChI is InChI=1S/C12H17N3O4S/c1-2-3-4-9(16)15-12-14-8(7-20-12)11(19)13-6-5-10(17)18/h7H,2-6H2,1H3,(H,13,19)(H,17,18)(H,14,15,16). The molecule has 0 aliphatic carbocycles. The number of nitrogens with zero attached hydrogens (tertiary/aromatic N) is 1. The Bertz CT molecular complexity index is 487. The first-order valence-electron chi connectivity index (χ1n) is 6.28. The van der Waals surface area contributed by atoms with Gasteiger partial charge in [-0.2, -0.15) is 0 Å². The summed E-state index contributed by atoms with van der Waals surface area (Å²) in [6.45, 7) is 2.04. The second-order valence-corrected chi connectivity index (χ2v) is 4.95. The number of anilines is 1. The molecule has 0 aliphatic rings. The maximum Gasteiger partial charge on any atom is 0.305 e. The fourth-order valence-corrected chi connectivity index (χ4v) is 2.03. The van der Waals surface area contributed by atoms with Crippen molar-refractivity contribution in [1.82, 2.24) is 10.3 Å². The van der Waals surface area contributed by atoms with Crippen molar-refractivity contribution < 1.29 is 19.5 Å². The summed E-state index contributed by atoms with van der Waals surface area (Å²) in [6.07, 6.45) is 2.02. The highest BCUT2D eigenvalue weighted by Gasteiger charge is 2.12. The lowest BCUT2D eigenvalue weighted by Crippen LogP contribution is -2.26. The zero-order chi connectivity index (χ0) is 15.0. The molecule has 0 unspecified atom stereocenters. The van der Waals surface area contributed by atoms with Crippen molar-refractivity contribution in [2.75, 3.05) is 11.9 Å². The van der Waals surface area contributed by atoms with E-state index in [2.05, 4.69) is 15.6 Å². The van der Waals surface area contributed by atoms with Crippen LogP contribution in [0.15, 0.2) is 5.38 Å². The Morgan fingerprint density at radius 1 is 1.35 bits per heavy atom. The number of amides is 2. The fourth-order valence-electron chi connectivity index (χ4n) is 1.33. The van der Waals surface area contributed by atoms with Gasteiger partial charge >= 0.3 is 5.97 Å². The van der Waals surface area contributed by atoms with E-state index in [9.17, 15) is 14.4 Å². The molecule has 20 heavy (non-hydrogen) atoms. The molecule has 0 spiro atoms. The second-order valence-electron chi connectivity index (χ2n) is 4.09. The molecule has 2 amide bonds. The highest BCUT2D eigenvalue weighted by molar-refractivity contribution is 7.14. The Morgan fingerprint density at radius 3 is 2.75 bits per heavy atom. The lowest BCUT2D eigenvalue weighted by Gasteiger charge is -2.01. The van der Waals surface area contributed by atoms with Crippen LogP contribution in [-0.4, -0.2) is 34.4 Å². The number of aromatic nitrogens is 1. The van der Waals surface area contributed by atoms with E-state index in [0.29, 0.717) is 11.6 Å². The van der Waals surface area contributed by atoms with Gasteiger partial charge in [-0.3, -0.25) is 14.4 Å². The van der Waals surface area contributed by atoms with Crippen LogP contribution in [0.2, 0.25) is 0 Å². The Morgan fingerprint density at radius 2 is 2.10 bits per heavy atom. The number of rotatable bonds is 8. The first-order chi connectivity index (χ1) is 9.52. The van der Waals surface area contributed by atoms with Crippen LogP contribution < -0.4 is 10.6 Å². The molecule has 1 aromatic heterocycles. The maximum absolute atomic E-state index is 11.6. The van der Waals surface area contributed by atoms with Gasteiger partial charge in [-0.05, 0) is 6.42 Å². The zero-order valence-corrected chi connectivity index (χ0v) is 12.0. The van der Waals surface area contributed by atoms with Crippen LogP contribution in [0.25, 0.3) is 0 Å². The highest BCUT2D eigenvalue weighted by Crippen LogP contribution is 2.15. The molecule has 0 saturated heterocycles. The number of nitrogens with one attached hydrogen (secondary N) is 2. The van der Waals surface area contributed by atoms with Crippen molar-refractivity contribution in [3.05, 3.63) is 11.1 Å². The van der Waals surface area contributed by atoms with Crippen molar-refractivity contribution in [3.8, 4) is 0 Å². The molecule has 1 aromatic rings. The summed E-state index contributed by atoms with van der Waals surface area (Å²) in [5, 5.41) is 15.4. The molecule has 0 bridgehead atoms. The van der Waals surface area contributed by atoms with Gasteiger partial charge in [0.15, 0.2) is 5.13 Å². The lowest BCUT2D eigenvalue weighted by molar-refractivity contribution is -0.136. The molecule has 0 atom stereocenters. The van der Waals surface area contributed by atoms with Gasteiger partial charge in [0.05, 0.1) is 6.42 Å². The van der Waals surface area contributed by atoms with Gasteiger partial charge in [0.1, 0.15) is 5.69 Å². The Labute approximate surface area is 120 Å². The predicted molar refractivity (Wildman–Crippen MR) is 74.9 cm³/mol. The number of thiazole rings is 1. The van der Waals surface area contributed by atoms with Gasteiger partial charge in [-0.15, -0.1) is 11.3 Å².